The predicted molar refractivity (Wildman–Crippen MR) is 140 cm³/mol. The van der Waals surface area contributed by atoms with E-state index >= 15 is 0 Å². The summed E-state index contributed by atoms with van der Waals surface area (Å²) in [6, 6.07) is 0. The van der Waals surface area contributed by atoms with Crippen molar-refractivity contribution in [2.24, 2.45) is 0 Å². The standard InChI is InChI=1S/C30H50O/c1-24(2)14-11-18-27(6)20-12-19-26(5)16-9-10-17-28(7)21-22-29-30(8,31-29)23-13-15-25(3)4/h14-17,20,29H,9-13,18-19,21-23H2,1-8H3/b26-16+,27-20+,28-17+/t29-,30-/m0/s1. The number of rotatable bonds is 15. The SMILES string of the molecule is CC(C)=CCC/C(C)=C/CC/C(C)=C/CC/C=C(\C)CC[C@@H]1O[C@@]1(C)CCC=C(C)C. The molecule has 0 aromatic rings. The highest BCUT2D eigenvalue weighted by Gasteiger charge is 2.50. The van der Waals surface area contributed by atoms with Gasteiger partial charge >= 0.3 is 0 Å². The van der Waals surface area contributed by atoms with E-state index in [0.717, 1.165) is 25.7 Å². The molecule has 1 heteroatoms. The van der Waals surface area contributed by atoms with Gasteiger partial charge in [0.15, 0.2) is 0 Å². The highest BCUT2D eigenvalue weighted by molar-refractivity contribution is 5.08. The normalized spacial score (nSPS) is 21.8. The van der Waals surface area contributed by atoms with Gasteiger partial charge in [0.1, 0.15) is 0 Å². The molecular formula is C30H50O. The number of ether oxygens (including phenoxy) is 1. The first kappa shape index (κ1) is 27.7. The van der Waals surface area contributed by atoms with Gasteiger partial charge in [0.2, 0.25) is 0 Å². The molecule has 0 aromatic heterocycles. The van der Waals surface area contributed by atoms with E-state index in [-0.39, 0.29) is 5.60 Å². The zero-order valence-corrected chi connectivity index (χ0v) is 21.9. The topological polar surface area (TPSA) is 12.5 Å². The Kier molecular flexibility index (Phi) is 13.1. The first-order chi connectivity index (χ1) is 14.6. The van der Waals surface area contributed by atoms with Gasteiger partial charge in [-0.1, -0.05) is 58.2 Å². The molecule has 0 bridgehead atoms. The van der Waals surface area contributed by atoms with Crippen molar-refractivity contribution < 1.29 is 4.74 Å². The molecule has 1 fully saturated rings. The Bertz CT molecular complexity index is 677. The van der Waals surface area contributed by atoms with Crippen LogP contribution in [0.3, 0.4) is 0 Å². The molecule has 31 heavy (non-hydrogen) atoms. The van der Waals surface area contributed by atoms with Crippen LogP contribution in [-0.4, -0.2) is 11.7 Å². The van der Waals surface area contributed by atoms with Crippen LogP contribution in [0.25, 0.3) is 0 Å². The average Bonchev–Trinajstić information content (AvgIpc) is 3.32. The van der Waals surface area contributed by atoms with Crippen LogP contribution in [0.15, 0.2) is 58.2 Å². The van der Waals surface area contributed by atoms with Crippen LogP contribution in [0.5, 0.6) is 0 Å². The molecule has 0 amide bonds. The van der Waals surface area contributed by atoms with E-state index < -0.39 is 0 Å². The monoisotopic (exact) mass is 426 g/mol. The minimum atomic E-state index is 0.129. The Morgan fingerprint density at radius 3 is 1.61 bits per heavy atom. The van der Waals surface area contributed by atoms with Gasteiger partial charge < -0.3 is 4.74 Å². The van der Waals surface area contributed by atoms with Crippen LogP contribution < -0.4 is 0 Å². The minimum Gasteiger partial charge on any atom is -0.366 e. The van der Waals surface area contributed by atoms with Crippen molar-refractivity contribution >= 4 is 0 Å². The maximum atomic E-state index is 6.01. The van der Waals surface area contributed by atoms with Crippen molar-refractivity contribution in [3.8, 4) is 0 Å². The summed E-state index contributed by atoms with van der Waals surface area (Å²) in [4.78, 5) is 0. The van der Waals surface area contributed by atoms with Gasteiger partial charge in [-0.2, -0.15) is 0 Å². The molecule has 0 aliphatic carbocycles. The van der Waals surface area contributed by atoms with Gasteiger partial charge in [-0.05, 0) is 120 Å². The van der Waals surface area contributed by atoms with Crippen LogP contribution in [0.2, 0.25) is 0 Å². The molecule has 0 radical (unpaired) electrons. The second-order valence-corrected chi connectivity index (χ2v) is 10.4. The fourth-order valence-corrected chi connectivity index (χ4v) is 3.98. The van der Waals surface area contributed by atoms with Gasteiger partial charge in [0.05, 0.1) is 11.7 Å². The zero-order chi connectivity index (χ0) is 23.3. The summed E-state index contributed by atoms with van der Waals surface area (Å²) in [7, 11) is 0. The number of unbranched alkanes of at least 4 members (excludes halogenated alkanes) is 1. The quantitative estimate of drug-likeness (QED) is 0.144. The summed E-state index contributed by atoms with van der Waals surface area (Å²) in [5, 5.41) is 0. The summed E-state index contributed by atoms with van der Waals surface area (Å²) in [6.07, 6.45) is 24.1. The van der Waals surface area contributed by atoms with Crippen molar-refractivity contribution in [2.75, 3.05) is 0 Å². The molecule has 0 saturated carbocycles. The number of epoxide rings is 1. The van der Waals surface area contributed by atoms with Crippen molar-refractivity contribution in [1.29, 1.82) is 0 Å². The van der Waals surface area contributed by atoms with E-state index in [1.165, 1.54) is 66.4 Å². The fourth-order valence-electron chi connectivity index (χ4n) is 3.98. The van der Waals surface area contributed by atoms with E-state index in [1.807, 2.05) is 0 Å². The van der Waals surface area contributed by atoms with E-state index in [9.17, 15) is 0 Å². The van der Waals surface area contributed by atoms with Crippen LogP contribution in [0, 0.1) is 0 Å². The van der Waals surface area contributed by atoms with Crippen molar-refractivity contribution in [2.45, 2.75) is 131 Å². The summed E-state index contributed by atoms with van der Waals surface area (Å²) in [6.45, 7) is 17.8. The molecule has 0 aromatic carbocycles. The Morgan fingerprint density at radius 1 is 0.613 bits per heavy atom. The lowest BCUT2D eigenvalue weighted by molar-refractivity contribution is 0.295. The first-order valence-electron chi connectivity index (χ1n) is 12.5. The van der Waals surface area contributed by atoms with Crippen molar-refractivity contribution in [3.63, 3.8) is 0 Å². The Labute approximate surface area is 194 Å². The molecule has 1 rings (SSSR count). The highest BCUT2D eigenvalue weighted by atomic mass is 16.6. The molecule has 1 aliphatic heterocycles. The van der Waals surface area contributed by atoms with E-state index in [4.69, 9.17) is 4.74 Å². The van der Waals surface area contributed by atoms with E-state index in [1.54, 1.807) is 0 Å². The number of allylic oxidation sites excluding steroid dienone is 10. The van der Waals surface area contributed by atoms with E-state index in [2.05, 4.69) is 85.8 Å². The summed E-state index contributed by atoms with van der Waals surface area (Å²) in [5.41, 5.74) is 7.53. The predicted octanol–water partition coefficient (Wildman–Crippen LogP) is 9.82. The number of hydrogen-bond donors (Lipinski definition) is 0. The third-order valence-corrected chi connectivity index (χ3v) is 6.30. The van der Waals surface area contributed by atoms with Gasteiger partial charge in [-0.25, -0.2) is 0 Å². The lowest BCUT2D eigenvalue weighted by atomic mass is 9.96. The van der Waals surface area contributed by atoms with E-state index in [0.29, 0.717) is 6.10 Å². The van der Waals surface area contributed by atoms with Gasteiger partial charge in [0, 0.05) is 0 Å². The number of hydrogen-bond acceptors (Lipinski definition) is 1. The minimum absolute atomic E-state index is 0.129. The van der Waals surface area contributed by atoms with Gasteiger partial charge in [0.25, 0.3) is 0 Å². The Balaban J connectivity index is 2.18. The lowest BCUT2D eigenvalue weighted by Crippen LogP contribution is -2.09. The van der Waals surface area contributed by atoms with Gasteiger partial charge in [-0.3, -0.25) is 0 Å². The summed E-state index contributed by atoms with van der Waals surface area (Å²) in [5.74, 6) is 0. The molecule has 1 nitrogen and oxygen atoms in total. The molecule has 1 aliphatic rings. The molecule has 1 heterocycles. The van der Waals surface area contributed by atoms with Crippen LogP contribution in [-0.2, 0) is 4.74 Å². The molecule has 2 atom stereocenters. The molecular weight excluding hydrogens is 376 g/mol. The fraction of sp³-hybridized carbons (Fsp3) is 0.667. The molecule has 0 unspecified atom stereocenters. The highest BCUT2D eigenvalue weighted by Crippen LogP contribution is 2.43. The third kappa shape index (κ3) is 13.6. The second-order valence-electron chi connectivity index (χ2n) is 10.4. The van der Waals surface area contributed by atoms with Crippen molar-refractivity contribution in [1.82, 2.24) is 0 Å². The molecule has 0 spiro atoms. The van der Waals surface area contributed by atoms with Crippen LogP contribution in [0.1, 0.15) is 120 Å². The largest absolute Gasteiger partial charge is 0.366 e. The van der Waals surface area contributed by atoms with Gasteiger partial charge in [-0.15, -0.1) is 0 Å². The lowest BCUT2D eigenvalue weighted by Gasteiger charge is -2.05. The maximum absolute atomic E-state index is 6.01. The Hall–Kier alpha value is -1.34. The summed E-state index contributed by atoms with van der Waals surface area (Å²) >= 11 is 0. The third-order valence-electron chi connectivity index (χ3n) is 6.30. The summed E-state index contributed by atoms with van der Waals surface area (Å²) < 4.78 is 6.01. The van der Waals surface area contributed by atoms with Crippen LogP contribution in [0.4, 0.5) is 0 Å². The second kappa shape index (κ2) is 14.7. The first-order valence-corrected chi connectivity index (χ1v) is 12.5. The molecule has 176 valence electrons. The Morgan fingerprint density at radius 2 is 1.06 bits per heavy atom. The molecule has 0 N–H and O–H groups in total. The molecule has 1 saturated heterocycles. The van der Waals surface area contributed by atoms with Crippen molar-refractivity contribution in [3.05, 3.63) is 58.2 Å². The smallest absolute Gasteiger partial charge is 0.0923 e. The maximum Gasteiger partial charge on any atom is 0.0923 e. The van der Waals surface area contributed by atoms with Crippen LogP contribution >= 0.6 is 0 Å². The zero-order valence-electron chi connectivity index (χ0n) is 21.9. The average molecular weight is 427 g/mol.